The Bertz CT molecular complexity index is 549. The molecule has 0 radical (unpaired) electrons. The van der Waals surface area contributed by atoms with Gasteiger partial charge in [-0.2, -0.15) is 0 Å². The van der Waals surface area contributed by atoms with E-state index in [0.717, 1.165) is 17.9 Å². The first-order chi connectivity index (χ1) is 9.69. The summed E-state index contributed by atoms with van der Waals surface area (Å²) in [7, 11) is 1.70. The quantitative estimate of drug-likeness (QED) is 0.627. The fraction of sp³-hybridized carbons (Fsp3) is 0.471. The number of ether oxygens (including phenoxy) is 1. The summed E-state index contributed by atoms with van der Waals surface area (Å²) < 4.78 is 7.63. The molecule has 0 aliphatic heterocycles. The van der Waals surface area contributed by atoms with Crippen LogP contribution in [0.2, 0.25) is 0 Å². The van der Waals surface area contributed by atoms with Gasteiger partial charge in [-0.1, -0.05) is 43.7 Å². The standard InChI is InChI=1S/C17H24N2O.Pt/c1-5-6-12-15-16(14-10-8-7-9-11-14)17(20-4)18-19(15)13(2)3;/h7-11,13H,5-6,12H2,1-4H3;. The van der Waals surface area contributed by atoms with E-state index in [1.54, 1.807) is 7.11 Å². The normalized spacial score (nSPS) is 10.5. The van der Waals surface area contributed by atoms with Crippen LogP contribution >= 0.6 is 0 Å². The molecule has 1 aromatic carbocycles. The molecule has 0 atom stereocenters. The topological polar surface area (TPSA) is 27.1 Å². The van der Waals surface area contributed by atoms with Crippen LogP contribution < -0.4 is 4.74 Å². The summed E-state index contributed by atoms with van der Waals surface area (Å²) in [6.45, 7) is 6.54. The molecular weight excluding hydrogens is 443 g/mol. The van der Waals surface area contributed by atoms with Crippen molar-refractivity contribution >= 4 is 0 Å². The number of aromatic nitrogens is 2. The number of hydrogen-bond acceptors (Lipinski definition) is 2. The molecule has 118 valence electrons. The van der Waals surface area contributed by atoms with Gasteiger partial charge in [-0.05, 0) is 32.3 Å². The summed E-state index contributed by atoms with van der Waals surface area (Å²) in [5, 5.41) is 4.65. The van der Waals surface area contributed by atoms with Gasteiger partial charge in [0.15, 0.2) is 0 Å². The van der Waals surface area contributed by atoms with Gasteiger partial charge in [-0.25, -0.2) is 0 Å². The van der Waals surface area contributed by atoms with Crippen molar-refractivity contribution in [3.63, 3.8) is 0 Å². The third-order valence-corrected chi connectivity index (χ3v) is 3.49. The molecule has 1 heterocycles. The Kier molecular flexibility index (Phi) is 7.17. The fourth-order valence-electron chi connectivity index (χ4n) is 2.49. The SMILES string of the molecule is CCCCc1c(-c2ccccc2)c(OC)nn1C(C)C.[Pt]. The van der Waals surface area contributed by atoms with Gasteiger partial charge in [0, 0.05) is 27.1 Å². The maximum absolute atomic E-state index is 5.52. The van der Waals surface area contributed by atoms with E-state index < -0.39 is 0 Å². The molecule has 0 N–H and O–H groups in total. The van der Waals surface area contributed by atoms with E-state index in [0.29, 0.717) is 6.04 Å². The second kappa shape index (κ2) is 8.38. The zero-order valence-corrected chi connectivity index (χ0v) is 15.5. The number of rotatable bonds is 6. The third-order valence-electron chi connectivity index (χ3n) is 3.49. The Morgan fingerprint density at radius 2 is 1.86 bits per heavy atom. The van der Waals surface area contributed by atoms with Crippen molar-refractivity contribution in [3.05, 3.63) is 36.0 Å². The monoisotopic (exact) mass is 467 g/mol. The predicted molar refractivity (Wildman–Crippen MR) is 83.2 cm³/mol. The van der Waals surface area contributed by atoms with E-state index >= 15 is 0 Å². The molecule has 0 saturated heterocycles. The van der Waals surface area contributed by atoms with Crippen molar-refractivity contribution in [2.24, 2.45) is 0 Å². The molecule has 4 heteroatoms. The van der Waals surface area contributed by atoms with Crippen LogP contribution in [0.25, 0.3) is 11.1 Å². The van der Waals surface area contributed by atoms with Gasteiger partial charge in [0.1, 0.15) is 0 Å². The predicted octanol–water partition coefficient (Wildman–Crippen LogP) is 4.48. The molecule has 0 saturated carbocycles. The van der Waals surface area contributed by atoms with Gasteiger partial charge < -0.3 is 4.74 Å². The molecule has 0 fully saturated rings. The Morgan fingerprint density at radius 3 is 2.38 bits per heavy atom. The average molecular weight is 467 g/mol. The average Bonchev–Trinajstić information content (AvgIpc) is 2.84. The van der Waals surface area contributed by atoms with E-state index in [1.807, 2.05) is 6.07 Å². The molecule has 0 bridgehead atoms. The van der Waals surface area contributed by atoms with Crippen LogP contribution in [0, 0.1) is 0 Å². The van der Waals surface area contributed by atoms with Crippen molar-refractivity contribution in [3.8, 4) is 17.0 Å². The van der Waals surface area contributed by atoms with Crippen molar-refractivity contribution in [1.29, 1.82) is 0 Å². The van der Waals surface area contributed by atoms with Crippen LogP contribution in [0.4, 0.5) is 0 Å². The van der Waals surface area contributed by atoms with E-state index in [-0.39, 0.29) is 21.1 Å². The largest absolute Gasteiger partial charge is 0.479 e. The van der Waals surface area contributed by atoms with E-state index in [1.165, 1.54) is 24.1 Å². The smallest absolute Gasteiger partial charge is 0.240 e. The first-order valence-electron chi connectivity index (χ1n) is 7.39. The molecule has 2 aromatic rings. The molecule has 21 heavy (non-hydrogen) atoms. The van der Waals surface area contributed by atoms with Crippen LogP contribution in [0.15, 0.2) is 30.3 Å². The number of unbranched alkanes of at least 4 members (excludes halogenated alkanes) is 1. The maximum atomic E-state index is 5.52. The second-order valence-electron chi connectivity index (χ2n) is 5.34. The van der Waals surface area contributed by atoms with Crippen molar-refractivity contribution < 1.29 is 25.8 Å². The summed E-state index contributed by atoms with van der Waals surface area (Å²) in [6.07, 6.45) is 3.39. The van der Waals surface area contributed by atoms with Gasteiger partial charge in [0.25, 0.3) is 0 Å². The number of hydrogen-bond donors (Lipinski definition) is 0. The summed E-state index contributed by atoms with van der Waals surface area (Å²) in [5.41, 5.74) is 3.61. The molecule has 0 aliphatic carbocycles. The molecular formula is C17H24N2OPt. The molecule has 1 aromatic heterocycles. The fourth-order valence-corrected chi connectivity index (χ4v) is 2.49. The number of nitrogens with zero attached hydrogens (tertiary/aromatic N) is 2. The van der Waals surface area contributed by atoms with E-state index in [2.05, 4.69) is 54.8 Å². The summed E-state index contributed by atoms with van der Waals surface area (Å²) in [4.78, 5) is 0. The van der Waals surface area contributed by atoms with Crippen LogP contribution in [0.1, 0.15) is 45.3 Å². The van der Waals surface area contributed by atoms with E-state index in [4.69, 9.17) is 4.74 Å². The summed E-state index contributed by atoms with van der Waals surface area (Å²) in [6, 6.07) is 10.7. The van der Waals surface area contributed by atoms with E-state index in [9.17, 15) is 0 Å². The third kappa shape index (κ3) is 3.97. The minimum absolute atomic E-state index is 0. The summed E-state index contributed by atoms with van der Waals surface area (Å²) in [5.74, 6) is 0.732. The minimum Gasteiger partial charge on any atom is -0.479 e. The first-order valence-corrected chi connectivity index (χ1v) is 7.39. The van der Waals surface area contributed by atoms with Crippen molar-refractivity contribution in [2.45, 2.75) is 46.1 Å². The zero-order chi connectivity index (χ0) is 14.5. The maximum Gasteiger partial charge on any atom is 0.240 e. The molecule has 3 nitrogen and oxygen atoms in total. The van der Waals surface area contributed by atoms with Crippen LogP contribution in [-0.4, -0.2) is 16.9 Å². The first kappa shape index (κ1) is 18.0. The number of benzene rings is 1. The van der Waals surface area contributed by atoms with Gasteiger partial charge in [-0.3, -0.25) is 4.68 Å². The molecule has 0 aliphatic rings. The Morgan fingerprint density at radius 1 is 1.19 bits per heavy atom. The Hall–Kier alpha value is -1.08. The van der Waals surface area contributed by atoms with Gasteiger partial charge in [0.05, 0.1) is 18.4 Å². The van der Waals surface area contributed by atoms with Crippen LogP contribution in [-0.2, 0) is 27.5 Å². The Balaban J connectivity index is 0.00000220. The number of methoxy groups -OCH3 is 1. The molecule has 0 spiro atoms. The Labute approximate surface area is 142 Å². The van der Waals surface area contributed by atoms with Crippen molar-refractivity contribution in [2.75, 3.05) is 7.11 Å². The molecule has 0 unspecified atom stereocenters. The van der Waals surface area contributed by atoms with Gasteiger partial charge in [-0.15, -0.1) is 5.10 Å². The molecule has 0 amide bonds. The van der Waals surface area contributed by atoms with Gasteiger partial charge in [0.2, 0.25) is 5.88 Å². The summed E-state index contributed by atoms with van der Waals surface area (Å²) >= 11 is 0. The second-order valence-corrected chi connectivity index (χ2v) is 5.34. The van der Waals surface area contributed by atoms with Crippen LogP contribution in [0.3, 0.4) is 0 Å². The van der Waals surface area contributed by atoms with Crippen LogP contribution in [0.5, 0.6) is 5.88 Å². The molecule has 2 rings (SSSR count). The van der Waals surface area contributed by atoms with Crippen molar-refractivity contribution in [1.82, 2.24) is 9.78 Å². The minimum atomic E-state index is 0. The van der Waals surface area contributed by atoms with Gasteiger partial charge >= 0.3 is 0 Å². The zero-order valence-electron chi connectivity index (χ0n) is 13.2.